The zero-order chi connectivity index (χ0) is 12.3. The lowest BCUT2D eigenvalue weighted by Crippen LogP contribution is -2.49. The van der Waals surface area contributed by atoms with Gasteiger partial charge in [0.05, 0.1) is 25.5 Å². The van der Waals surface area contributed by atoms with Crippen molar-refractivity contribution in [2.75, 3.05) is 25.2 Å². The Kier molecular flexibility index (Phi) is 3.65. The smallest absolute Gasteiger partial charge is 0.248 e. The van der Waals surface area contributed by atoms with E-state index < -0.39 is 0 Å². The average molecular weight is 236 g/mol. The number of nitrogens with zero attached hydrogens (tertiary/aromatic N) is 3. The van der Waals surface area contributed by atoms with Crippen LogP contribution in [0.5, 0.6) is 0 Å². The van der Waals surface area contributed by atoms with Gasteiger partial charge in [0, 0.05) is 12.4 Å². The first kappa shape index (κ1) is 11.9. The molecule has 6 nitrogen and oxygen atoms in total. The Labute approximate surface area is 100 Å². The minimum atomic E-state index is -0.332. The van der Waals surface area contributed by atoms with Crippen LogP contribution in [0.1, 0.15) is 6.92 Å². The molecule has 2 unspecified atom stereocenters. The fourth-order valence-corrected chi connectivity index (χ4v) is 1.85. The van der Waals surface area contributed by atoms with Crippen LogP contribution in [0.4, 0.5) is 5.82 Å². The lowest BCUT2D eigenvalue weighted by molar-refractivity contribution is -0.120. The zero-order valence-electron chi connectivity index (χ0n) is 9.96. The number of likely N-dealkylation sites (N-methyl/N-ethyl adjacent to an activating group) is 1. The highest BCUT2D eigenvalue weighted by Crippen LogP contribution is 2.16. The molecule has 17 heavy (non-hydrogen) atoms. The number of ether oxygens (including phenoxy) is 1. The molecular weight excluding hydrogens is 220 g/mol. The van der Waals surface area contributed by atoms with Gasteiger partial charge < -0.3 is 10.1 Å². The van der Waals surface area contributed by atoms with Crippen LogP contribution in [0, 0.1) is 0 Å². The predicted molar refractivity (Wildman–Crippen MR) is 62.6 cm³/mol. The summed E-state index contributed by atoms with van der Waals surface area (Å²) in [7, 11) is 1.75. The highest BCUT2D eigenvalue weighted by Gasteiger charge is 2.32. The van der Waals surface area contributed by atoms with E-state index in [-0.39, 0.29) is 18.0 Å². The molecule has 1 aromatic rings. The number of carbonyl (C=O) groups is 1. The second-order valence-corrected chi connectivity index (χ2v) is 4.00. The number of nitrogens with one attached hydrogen (secondary N) is 1. The van der Waals surface area contributed by atoms with Crippen LogP contribution < -0.4 is 10.2 Å². The Morgan fingerprint density at radius 3 is 2.94 bits per heavy atom. The number of carbonyl (C=O) groups excluding carboxylic acids is 1. The van der Waals surface area contributed by atoms with Crippen molar-refractivity contribution in [3.63, 3.8) is 0 Å². The highest BCUT2D eigenvalue weighted by molar-refractivity contribution is 5.97. The second-order valence-electron chi connectivity index (χ2n) is 4.00. The first-order valence-corrected chi connectivity index (χ1v) is 5.58. The van der Waals surface area contributed by atoms with Crippen LogP contribution in [0.15, 0.2) is 18.6 Å². The second kappa shape index (κ2) is 5.20. The molecule has 1 saturated heterocycles. The molecule has 2 atom stereocenters. The molecule has 1 amide bonds. The summed E-state index contributed by atoms with van der Waals surface area (Å²) in [5.41, 5.74) is 0. The quantitative estimate of drug-likeness (QED) is 0.771. The Morgan fingerprint density at radius 2 is 2.29 bits per heavy atom. The minimum Gasteiger partial charge on any atom is -0.377 e. The molecule has 92 valence electrons. The van der Waals surface area contributed by atoms with Crippen LogP contribution >= 0.6 is 0 Å². The molecule has 1 N–H and O–H groups in total. The Balaban J connectivity index is 2.31. The molecule has 0 spiro atoms. The summed E-state index contributed by atoms with van der Waals surface area (Å²) in [6.45, 7) is 2.82. The highest BCUT2D eigenvalue weighted by atomic mass is 16.5. The van der Waals surface area contributed by atoms with E-state index >= 15 is 0 Å². The summed E-state index contributed by atoms with van der Waals surface area (Å²) in [4.78, 5) is 22.1. The maximum absolute atomic E-state index is 12.3. The standard InChI is InChI=1S/C11H16N4O2/c1-8-6-17-7-9(12-2)11(16)15(8)10-5-13-3-4-14-10/h3-5,8-9,12H,6-7H2,1-2H3. The molecule has 0 bridgehead atoms. The van der Waals surface area contributed by atoms with Gasteiger partial charge in [-0.05, 0) is 14.0 Å². The molecule has 2 heterocycles. The molecule has 6 heteroatoms. The first-order chi connectivity index (χ1) is 8.24. The van der Waals surface area contributed by atoms with Crippen LogP contribution in [0.25, 0.3) is 0 Å². The van der Waals surface area contributed by atoms with Gasteiger partial charge in [0.15, 0.2) is 5.82 Å². The van der Waals surface area contributed by atoms with Crippen LogP contribution in [-0.4, -0.2) is 48.2 Å². The van der Waals surface area contributed by atoms with E-state index in [0.717, 1.165) is 0 Å². The SMILES string of the molecule is CNC1COCC(C)N(c2cnccn2)C1=O. The van der Waals surface area contributed by atoms with Gasteiger partial charge in [-0.15, -0.1) is 0 Å². The van der Waals surface area contributed by atoms with Crippen molar-refractivity contribution in [3.05, 3.63) is 18.6 Å². The number of aromatic nitrogens is 2. The molecule has 1 aromatic heterocycles. The largest absolute Gasteiger partial charge is 0.377 e. The molecule has 0 saturated carbocycles. The average Bonchev–Trinajstić information content (AvgIpc) is 2.49. The summed E-state index contributed by atoms with van der Waals surface area (Å²) in [6.07, 6.45) is 4.75. The predicted octanol–water partition coefficient (Wildman–Crippen LogP) is -0.184. The molecule has 1 aliphatic rings. The molecule has 0 aliphatic carbocycles. The normalized spacial score (nSPS) is 25.8. The van der Waals surface area contributed by atoms with Crippen molar-refractivity contribution < 1.29 is 9.53 Å². The van der Waals surface area contributed by atoms with E-state index in [1.54, 1.807) is 30.5 Å². The van der Waals surface area contributed by atoms with E-state index in [1.165, 1.54) is 0 Å². The zero-order valence-corrected chi connectivity index (χ0v) is 9.96. The number of anilines is 1. The minimum absolute atomic E-state index is 0.0296. The number of hydrogen-bond donors (Lipinski definition) is 1. The monoisotopic (exact) mass is 236 g/mol. The number of amides is 1. The Morgan fingerprint density at radius 1 is 1.47 bits per heavy atom. The maximum atomic E-state index is 12.3. The lowest BCUT2D eigenvalue weighted by atomic mass is 10.2. The third-order valence-electron chi connectivity index (χ3n) is 2.76. The van der Waals surface area contributed by atoms with E-state index in [1.807, 2.05) is 6.92 Å². The third-order valence-corrected chi connectivity index (χ3v) is 2.76. The van der Waals surface area contributed by atoms with E-state index in [2.05, 4.69) is 15.3 Å². The van der Waals surface area contributed by atoms with Gasteiger partial charge in [-0.2, -0.15) is 0 Å². The Hall–Kier alpha value is -1.53. The first-order valence-electron chi connectivity index (χ1n) is 5.58. The molecule has 2 rings (SSSR count). The third kappa shape index (κ3) is 2.42. The van der Waals surface area contributed by atoms with Crippen molar-refractivity contribution in [1.29, 1.82) is 0 Å². The molecular formula is C11H16N4O2. The summed E-state index contributed by atoms with van der Waals surface area (Å²) < 4.78 is 5.46. The molecule has 0 radical (unpaired) electrons. The van der Waals surface area contributed by atoms with Crippen molar-refractivity contribution in [2.24, 2.45) is 0 Å². The van der Waals surface area contributed by atoms with E-state index in [9.17, 15) is 4.79 Å². The van der Waals surface area contributed by atoms with Gasteiger partial charge in [-0.25, -0.2) is 4.98 Å². The maximum Gasteiger partial charge on any atom is 0.248 e. The van der Waals surface area contributed by atoms with Crippen molar-refractivity contribution in [1.82, 2.24) is 15.3 Å². The van der Waals surface area contributed by atoms with Gasteiger partial charge >= 0.3 is 0 Å². The van der Waals surface area contributed by atoms with Gasteiger partial charge in [0.2, 0.25) is 5.91 Å². The number of rotatable bonds is 2. The molecule has 1 fully saturated rings. The van der Waals surface area contributed by atoms with Gasteiger partial charge in [-0.3, -0.25) is 14.7 Å². The Bertz CT molecular complexity index is 384. The van der Waals surface area contributed by atoms with Crippen molar-refractivity contribution in [3.8, 4) is 0 Å². The fraction of sp³-hybridized carbons (Fsp3) is 0.545. The summed E-state index contributed by atoms with van der Waals surface area (Å²) in [6, 6.07) is -0.375. The van der Waals surface area contributed by atoms with Gasteiger partial charge in [0.1, 0.15) is 6.04 Å². The summed E-state index contributed by atoms with van der Waals surface area (Å²) >= 11 is 0. The van der Waals surface area contributed by atoms with E-state index in [0.29, 0.717) is 19.0 Å². The molecule has 0 aromatic carbocycles. The van der Waals surface area contributed by atoms with Gasteiger partial charge in [0.25, 0.3) is 0 Å². The summed E-state index contributed by atoms with van der Waals surface area (Å²) in [5, 5.41) is 2.95. The molecule has 1 aliphatic heterocycles. The van der Waals surface area contributed by atoms with Crippen molar-refractivity contribution >= 4 is 11.7 Å². The summed E-state index contributed by atoms with van der Waals surface area (Å²) in [5.74, 6) is 0.536. The van der Waals surface area contributed by atoms with E-state index in [4.69, 9.17) is 4.74 Å². The van der Waals surface area contributed by atoms with Crippen molar-refractivity contribution in [2.45, 2.75) is 19.0 Å². The topological polar surface area (TPSA) is 67.3 Å². The van der Waals surface area contributed by atoms with Crippen LogP contribution in [0.2, 0.25) is 0 Å². The fourth-order valence-electron chi connectivity index (χ4n) is 1.85. The lowest BCUT2D eigenvalue weighted by Gasteiger charge is -2.26. The van der Waals surface area contributed by atoms with Crippen LogP contribution in [-0.2, 0) is 9.53 Å². The van der Waals surface area contributed by atoms with Crippen LogP contribution in [0.3, 0.4) is 0 Å². The van der Waals surface area contributed by atoms with Gasteiger partial charge in [-0.1, -0.05) is 0 Å². The number of hydrogen-bond acceptors (Lipinski definition) is 5.